The summed E-state index contributed by atoms with van der Waals surface area (Å²) in [5, 5.41) is 2.70. The summed E-state index contributed by atoms with van der Waals surface area (Å²) in [5.41, 5.74) is 4.69. The number of benzene rings is 1. The largest absolute Gasteiger partial charge is 0.418 e. The van der Waals surface area contributed by atoms with Crippen LogP contribution in [0.4, 0.5) is 24.5 Å². The van der Waals surface area contributed by atoms with E-state index in [4.69, 9.17) is 10.5 Å². The predicted molar refractivity (Wildman–Crippen MR) is 60.8 cm³/mol. The zero-order valence-corrected chi connectivity index (χ0v) is 9.64. The molecule has 1 aromatic carbocycles. The molecule has 0 aliphatic rings. The molecule has 0 spiro atoms. The summed E-state index contributed by atoms with van der Waals surface area (Å²) >= 11 is 0. The molecule has 1 unspecified atom stereocenters. The predicted octanol–water partition coefficient (Wildman–Crippen LogP) is 2.73. The topological polar surface area (TPSA) is 47.3 Å². The molecule has 0 aromatic heterocycles. The lowest BCUT2D eigenvalue weighted by atomic mass is 10.1. The van der Waals surface area contributed by atoms with Crippen molar-refractivity contribution in [3.05, 3.63) is 23.8 Å². The maximum absolute atomic E-state index is 12.7. The van der Waals surface area contributed by atoms with Crippen LogP contribution in [0, 0.1) is 0 Å². The normalized spacial score (nSPS) is 13.5. The van der Waals surface area contributed by atoms with Crippen LogP contribution in [0.5, 0.6) is 0 Å². The summed E-state index contributed by atoms with van der Waals surface area (Å²) < 4.78 is 43.1. The highest BCUT2D eigenvalue weighted by atomic mass is 19.4. The number of halogens is 3. The Morgan fingerprint density at radius 3 is 2.59 bits per heavy atom. The van der Waals surface area contributed by atoms with Gasteiger partial charge in [0.25, 0.3) is 0 Å². The first-order chi connectivity index (χ1) is 7.84. The third kappa shape index (κ3) is 3.81. The minimum absolute atomic E-state index is 0.00981. The first-order valence-electron chi connectivity index (χ1n) is 5.08. The number of nitrogen functional groups attached to an aromatic ring is 1. The maximum Gasteiger partial charge on any atom is 0.418 e. The van der Waals surface area contributed by atoms with Crippen LogP contribution < -0.4 is 11.1 Å². The third-order valence-corrected chi connectivity index (χ3v) is 2.33. The van der Waals surface area contributed by atoms with Crippen LogP contribution >= 0.6 is 0 Å². The molecule has 0 aliphatic heterocycles. The number of methoxy groups -OCH3 is 1. The minimum atomic E-state index is -4.42. The van der Waals surface area contributed by atoms with E-state index in [2.05, 4.69) is 5.32 Å². The first kappa shape index (κ1) is 13.6. The number of hydrogen-bond acceptors (Lipinski definition) is 3. The molecule has 0 fully saturated rings. The number of anilines is 2. The Bertz CT molecular complexity index is 379. The van der Waals surface area contributed by atoms with Crippen molar-refractivity contribution >= 4 is 11.4 Å². The number of nitrogens with two attached hydrogens (primary N) is 1. The summed E-state index contributed by atoms with van der Waals surface area (Å²) in [6.45, 7) is 2.06. The van der Waals surface area contributed by atoms with Crippen LogP contribution in [-0.4, -0.2) is 19.8 Å². The summed E-state index contributed by atoms with van der Waals surface area (Å²) in [6.07, 6.45) is -4.60. The van der Waals surface area contributed by atoms with Crippen molar-refractivity contribution in [1.82, 2.24) is 0 Å². The zero-order valence-electron chi connectivity index (χ0n) is 9.64. The third-order valence-electron chi connectivity index (χ3n) is 2.33. The average Bonchev–Trinajstić information content (AvgIpc) is 2.25. The van der Waals surface area contributed by atoms with E-state index in [0.29, 0.717) is 6.54 Å². The van der Waals surface area contributed by atoms with Crippen LogP contribution in [0.15, 0.2) is 18.2 Å². The Balaban J connectivity index is 2.91. The Hall–Kier alpha value is -1.43. The molecule has 0 amide bonds. The van der Waals surface area contributed by atoms with Crippen LogP contribution in [-0.2, 0) is 10.9 Å². The molecule has 1 rings (SSSR count). The molecular weight excluding hydrogens is 233 g/mol. The summed E-state index contributed by atoms with van der Waals surface area (Å²) in [4.78, 5) is 0. The van der Waals surface area contributed by atoms with Crippen LogP contribution in [0.2, 0.25) is 0 Å². The Kier molecular flexibility index (Phi) is 4.22. The van der Waals surface area contributed by atoms with Crippen molar-refractivity contribution in [3.63, 3.8) is 0 Å². The fourth-order valence-corrected chi connectivity index (χ4v) is 1.29. The molecule has 0 bridgehead atoms. The van der Waals surface area contributed by atoms with Crippen molar-refractivity contribution in [2.24, 2.45) is 0 Å². The molecule has 17 heavy (non-hydrogen) atoms. The highest BCUT2D eigenvalue weighted by molar-refractivity contribution is 5.59. The lowest BCUT2D eigenvalue weighted by molar-refractivity contribution is -0.136. The van der Waals surface area contributed by atoms with Crippen molar-refractivity contribution in [2.45, 2.75) is 19.2 Å². The fraction of sp³-hybridized carbons (Fsp3) is 0.455. The van der Waals surface area contributed by atoms with E-state index in [9.17, 15) is 13.2 Å². The quantitative estimate of drug-likeness (QED) is 0.805. The van der Waals surface area contributed by atoms with Crippen molar-refractivity contribution in [1.29, 1.82) is 0 Å². The second kappa shape index (κ2) is 5.27. The molecule has 0 radical (unpaired) electrons. The summed E-state index contributed by atoms with van der Waals surface area (Å²) in [7, 11) is 1.50. The van der Waals surface area contributed by atoms with E-state index in [-0.39, 0.29) is 17.5 Å². The van der Waals surface area contributed by atoms with E-state index in [0.717, 1.165) is 6.07 Å². The van der Waals surface area contributed by atoms with Gasteiger partial charge in [-0.15, -0.1) is 0 Å². The van der Waals surface area contributed by atoms with Gasteiger partial charge < -0.3 is 15.8 Å². The zero-order chi connectivity index (χ0) is 13.1. The minimum Gasteiger partial charge on any atom is -0.399 e. The van der Waals surface area contributed by atoms with Gasteiger partial charge in [0.1, 0.15) is 0 Å². The van der Waals surface area contributed by atoms with Crippen molar-refractivity contribution in [3.8, 4) is 0 Å². The Morgan fingerprint density at radius 1 is 1.41 bits per heavy atom. The molecule has 3 nitrogen and oxygen atoms in total. The molecule has 0 saturated carbocycles. The van der Waals surface area contributed by atoms with Gasteiger partial charge in [0.05, 0.1) is 11.7 Å². The van der Waals surface area contributed by atoms with E-state index in [1.807, 2.05) is 0 Å². The van der Waals surface area contributed by atoms with Gasteiger partial charge in [0, 0.05) is 25.0 Å². The van der Waals surface area contributed by atoms with Crippen molar-refractivity contribution in [2.75, 3.05) is 24.7 Å². The highest BCUT2D eigenvalue weighted by Gasteiger charge is 2.33. The van der Waals surface area contributed by atoms with Gasteiger partial charge in [-0.05, 0) is 25.1 Å². The molecular formula is C11H15F3N2O. The van der Waals surface area contributed by atoms with Gasteiger partial charge in [-0.25, -0.2) is 0 Å². The lowest BCUT2D eigenvalue weighted by Gasteiger charge is -2.17. The highest BCUT2D eigenvalue weighted by Crippen LogP contribution is 2.35. The van der Waals surface area contributed by atoms with E-state index in [1.165, 1.54) is 19.2 Å². The first-order valence-corrected chi connectivity index (χ1v) is 5.08. The standard InChI is InChI=1S/C11H15F3N2O/c1-7(17-2)6-16-10-4-3-8(15)5-9(10)11(12,13)14/h3-5,7,16H,6,15H2,1-2H3. The second-order valence-electron chi connectivity index (χ2n) is 3.73. The van der Waals surface area contributed by atoms with Gasteiger partial charge >= 0.3 is 6.18 Å². The summed E-state index contributed by atoms with van der Waals surface area (Å²) in [5.74, 6) is 0. The van der Waals surface area contributed by atoms with Gasteiger partial charge in [0.2, 0.25) is 0 Å². The van der Waals surface area contributed by atoms with Crippen LogP contribution in [0.1, 0.15) is 12.5 Å². The van der Waals surface area contributed by atoms with Crippen LogP contribution in [0.25, 0.3) is 0 Å². The van der Waals surface area contributed by atoms with Gasteiger partial charge in [-0.1, -0.05) is 0 Å². The van der Waals surface area contributed by atoms with Gasteiger partial charge in [-0.2, -0.15) is 13.2 Å². The number of rotatable bonds is 4. The van der Waals surface area contributed by atoms with Crippen molar-refractivity contribution < 1.29 is 17.9 Å². The second-order valence-corrected chi connectivity index (χ2v) is 3.73. The lowest BCUT2D eigenvalue weighted by Crippen LogP contribution is -2.20. The van der Waals surface area contributed by atoms with E-state index < -0.39 is 11.7 Å². The summed E-state index contributed by atoms with van der Waals surface area (Å²) in [6, 6.07) is 3.66. The van der Waals surface area contributed by atoms with Gasteiger partial charge in [-0.3, -0.25) is 0 Å². The molecule has 0 heterocycles. The average molecular weight is 248 g/mol. The monoisotopic (exact) mass is 248 g/mol. The molecule has 1 atom stereocenters. The Morgan fingerprint density at radius 2 is 2.06 bits per heavy atom. The van der Waals surface area contributed by atoms with Crippen LogP contribution in [0.3, 0.4) is 0 Å². The SMILES string of the molecule is COC(C)CNc1ccc(N)cc1C(F)(F)F. The number of alkyl halides is 3. The number of hydrogen-bond donors (Lipinski definition) is 2. The maximum atomic E-state index is 12.7. The fourth-order valence-electron chi connectivity index (χ4n) is 1.29. The Labute approximate surface area is 97.8 Å². The van der Waals surface area contributed by atoms with E-state index in [1.54, 1.807) is 6.92 Å². The molecule has 0 saturated heterocycles. The number of nitrogens with one attached hydrogen (secondary N) is 1. The smallest absolute Gasteiger partial charge is 0.399 e. The van der Waals surface area contributed by atoms with Gasteiger partial charge in [0.15, 0.2) is 0 Å². The molecule has 6 heteroatoms. The molecule has 0 aliphatic carbocycles. The molecule has 1 aromatic rings. The molecule has 3 N–H and O–H groups in total. The van der Waals surface area contributed by atoms with E-state index >= 15 is 0 Å². The number of ether oxygens (including phenoxy) is 1. The molecule has 96 valence electrons.